The maximum absolute atomic E-state index is 8.86. The van der Waals surface area contributed by atoms with E-state index in [2.05, 4.69) is 6.58 Å². The van der Waals surface area contributed by atoms with Gasteiger partial charge in [-0.05, 0) is 25.0 Å². The molecule has 0 unspecified atom stereocenters. The first kappa shape index (κ1) is 10.6. The second-order valence-corrected chi connectivity index (χ2v) is 4.25. The van der Waals surface area contributed by atoms with Crippen LogP contribution in [-0.2, 0) is 9.47 Å². The van der Waals surface area contributed by atoms with Crippen molar-refractivity contribution in [3.8, 4) is 0 Å². The van der Waals surface area contributed by atoms with Crippen molar-refractivity contribution in [1.29, 1.82) is 0 Å². The lowest BCUT2D eigenvalue weighted by Gasteiger charge is -2.22. The third-order valence-corrected chi connectivity index (χ3v) is 2.62. The number of fused-ring (bicyclic) bond motifs is 1. The van der Waals surface area contributed by atoms with Crippen LogP contribution in [0.1, 0.15) is 13.8 Å². The largest absolute Gasteiger partial charge is 0.392 e. The normalized spacial score (nSPS) is 35.9. The van der Waals surface area contributed by atoms with Crippen LogP contribution in [0, 0.1) is 0 Å². The number of aliphatic hydroxyl groups is 1. The SMILES string of the molecule is C=C1/C(=C\CO)C=C[C@H]2OC(C)(C)O[C@H]12. The molecule has 1 fully saturated rings. The molecule has 0 aromatic heterocycles. The Morgan fingerprint density at radius 2 is 2.27 bits per heavy atom. The summed E-state index contributed by atoms with van der Waals surface area (Å²) in [5.41, 5.74) is 1.81. The third kappa shape index (κ3) is 1.91. The quantitative estimate of drug-likeness (QED) is 0.710. The highest BCUT2D eigenvalue weighted by Gasteiger charge is 2.43. The Morgan fingerprint density at radius 3 is 2.93 bits per heavy atom. The van der Waals surface area contributed by atoms with Gasteiger partial charge in [0.05, 0.1) is 6.61 Å². The molecular formula is C12H16O3. The number of rotatable bonds is 1. The monoisotopic (exact) mass is 208 g/mol. The minimum absolute atomic E-state index is 0.0142. The van der Waals surface area contributed by atoms with Gasteiger partial charge in [0.1, 0.15) is 12.2 Å². The van der Waals surface area contributed by atoms with Crippen molar-refractivity contribution in [2.75, 3.05) is 6.61 Å². The topological polar surface area (TPSA) is 38.7 Å². The predicted molar refractivity (Wildman–Crippen MR) is 57.3 cm³/mol. The van der Waals surface area contributed by atoms with Crippen LogP contribution in [0.25, 0.3) is 0 Å². The maximum Gasteiger partial charge on any atom is 0.164 e. The Bertz CT molecular complexity index is 339. The molecule has 1 saturated heterocycles. The van der Waals surface area contributed by atoms with Gasteiger partial charge in [-0.3, -0.25) is 0 Å². The van der Waals surface area contributed by atoms with E-state index in [1.54, 1.807) is 6.08 Å². The van der Waals surface area contributed by atoms with E-state index in [1.807, 2.05) is 26.0 Å². The zero-order chi connectivity index (χ0) is 11.1. The molecule has 0 saturated carbocycles. The van der Waals surface area contributed by atoms with E-state index in [0.29, 0.717) is 0 Å². The van der Waals surface area contributed by atoms with Gasteiger partial charge in [-0.1, -0.05) is 24.8 Å². The highest BCUT2D eigenvalue weighted by molar-refractivity contribution is 5.46. The van der Waals surface area contributed by atoms with Gasteiger partial charge in [0, 0.05) is 0 Å². The molecule has 2 aliphatic rings. The van der Waals surface area contributed by atoms with Crippen LogP contribution in [0.4, 0.5) is 0 Å². The molecule has 2 atom stereocenters. The molecule has 1 heterocycles. The van der Waals surface area contributed by atoms with E-state index < -0.39 is 5.79 Å². The molecule has 0 radical (unpaired) electrons. The average molecular weight is 208 g/mol. The van der Waals surface area contributed by atoms with Crippen molar-refractivity contribution in [1.82, 2.24) is 0 Å². The Morgan fingerprint density at radius 1 is 1.53 bits per heavy atom. The molecule has 1 aliphatic carbocycles. The molecule has 0 amide bonds. The zero-order valence-corrected chi connectivity index (χ0v) is 9.06. The van der Waals surface area contributed by atoms with Gasteiger partial charge in [0.25, 0.3) is 0 Å². The molecule has 0 aromatic rings. The Hall–Kier alpha value is -0.900. The van der Waals surface area contributed by atoms with E-state index in [9.17, 15) is 0 Å². The fourth-order valence-electron chi connectivity index (χ4n) is 1.97. The first-order valence-electron chi connectivity index (χ1n) is 5.07. The minimum atomic E-state index is -0.558. The van der Waals surface area contributed by atoms with Gasteiger partial charge < -0.3 is 14.6 Å². The second-order valence-electron chi connectivity index (χ2n) is 4.25. The molecule has 2 rings (SSSR count). The van der Waals surface area contributed by atoms with Crippen molar-refractivity contribution >= 4 is 0 Å². The van der Waals surface area contributed by atoms with Crippen LogP contribution in [0.15, 0.2) is 36.0 Å². The number of aliphatic hydroxyl groups excluding tert-OH is 1. The number of ether oxygens (including phenoxy) is 2. The summed E-state index contributed by atoms with van der Waals surface area (Å²) < 4.78 is 11.4. The van der Waals surface area contributed by atoms with Gasteiger partial charge in [-0.25, -0.2) is 0 Å². The Kier molecular flexibility index (Phi) is 2.54. The number of hydrogen-bond acceptors (Lipinski definition) is 3. The molecule has 3 nitrogen and oxygen atoms in total. The van der Waals surface area contributed by atoms with Gasteiger partial charge in [-0.15, -0.1) is 0 Å². The van der Waals surface area contributed by atoms with Gasteiger partial charge in [-0.2, -0.15) is 0 Å². The first-order valence-corrected chi connectivity index (χ1v) is 5.07. The van der Waals surface area contributed by atoms with Crippen molar-refractivity contribution in [3.05, 3.63) is 36.0 Å². The van der Waals surface area contributed by atoms with E-state index in [-0.39, 0.29) is 18.8 Å². The molecule has 3 heteroatoms. The summed E-state index contributed by atoms with van der Waals surface area (Å²) >= 11 is 0. The highest BCUT2D eigenvalue weighted by Crippen LogP contribution is 2.37. The second kappa shape index (κ2) is 3.59. The number of hydrogen-bond donors (Lipinski definition) is 1. The predicted octanol–water partition coefficient (Wildman–Crippen LogP) is 1.55. The molecular weight excluding hydrogens is 192 g/mol. The Labute approximate surface area is 89.7 Å². The third-order valence-electron chi connectivity index (χ3n) is 2.62. The van der Waals surface area contributed by atoms with Gasteiger partial charge >= 0.3 is 0 Å². The molecule has 0 aromatic carbocycles. The Balaban J connectivity index is 2.25. The molecule has 15 heavy (non-hydrogen) atoms. The zero-order valence-electron chi connectivity index (χ0n) is 9.06. The minimum Gasteiger partial charge on any atom is -0.392 e. The summed E-state index contributed by atoms with van der Waals surface area (Å²) in [6.07, 6.45) is 5.43. The van der Waals surface area contributed by atoms with Gasteiger partial charge in [0.2, 0.25) is 0 Å². The summed E-state index contributed by atoms with van der Waals surface area (Å²) in [5.74, 6) is -0.558. The lowest BCUT2D eigenvalue weighted by Crippen LogP contribution is -2.26. The van der Waals surface area contributed by atoms with Crippen LogP contribution < -0.4 is 0 Å². The van der Waals surface area contributed by atoms with E-state index in [0.717, 1.165) is 11.1 Å². The summed E-state index contributed by atoms with van der Waals surface area (Å²) in [7, 11) is 0. The van der Waals surface area contributed by atoms with E-state index in [1.165, 1.54) is 0 Å². The fourth-order valence-corrected chi connectivity index (χ4v) is 1.97. The van der Waals surface area contributed by atoms with Crippen molar-refractivity contribution in [2.45, 2.75) is 31.8 Å². The number of allylic oxidation sites excluding steroid dienone is 1. The first-order chi connectivity index (χ1) is 7.03. The van der Waals surface area contributed by atoms with E-state index in [4.69, 9.17) is 14.6 Å². The average Bonchev–Trinajstić information content (AvgIpc) is 2.46. The van der Waals surface area contributed by atoms with Crippen LogP contribution in [0.2, 0.25) is 0 Å². The van der Waals surface area contributed by atoms with Crippen LogP contribution >= 0.6 is 0 Å². The fraction of sp³-hybridized carbons (Fsp3) is 0.500. The van der Waals surface area contributed by atoms with Crippen LogP contribution in [-0.4, -0.2) is 29.7 Å². The molecule has 0 bridgehead atoms. The van der Waals surface area contributed by atoms with Crippen LogP contribution in [0.5, 0.6) is 0 Å². The highest BCUT2D eigenvalue weighted by atomic mass is 16.7. The summed E-state index contributed by atoms with van der Waals surface area (Å²) in [6.45, 7) is 7.78. The smallest absolute Gasteiger partial charge is 0.164 e. The van der Waals surface area contributed by atoms with E-state index >= 15 is 0 Å². The van der Waals surface area contributed by atoms with Crippen molar-refractivity contribution < 1.29 is 14.6 Å². The van der Waals surface area contributed by atoms with Gasteiger partial charge in [0.15, 0.2) is 5.79 Å². The molecule has 1 aliphatic heterocycles. The summed E-state index contributed by atoms with van der Waals surface area (Å²) in [4.78, 5) is 0. The standard InChI is InChI=1S/C12H16O3/c1-8-9(6-7-13)4-5-10-11(8)15-12(2,3)14-10/h4-6,10-11,13H,1,7H2,2-3H3/b9-6-/t10-,11-/m1/s1. The molecule has 1 N–H and O–H groups in total. The van der Waals surface area contributed by atoms with Crippen molar-refractivity contribution in [3.63, 3.8) is 0 Å². The lowest BCUT2D eigenvalue weighted by atomic mass is 9.92. The summed E-state index contributed by atoms with van der Waals surface area (Å²) in [6, 6.07) is 0. The van der Waals surface area contributed by atoms with Crippen LogP contribution in [0.3, 0.4) is 0 Å². The van der Waals surface area contributed by atoms with Crippen molar-refractivity contribution in [2.24, 2.45) is 0 Å². The maximum atomic E-state index is 8.86. The molecule has 0 spiro atoms. The lowest BCUT2D eigenvalue weighted by molar-refractivity contribution is -0.139. The molecule has 82 valence electrons. The summed E-state index contributed by atoms with van der Waals surface area (Å²) in [5, 5.41) is 8.86.